The fraction of sp³-hybridized carbons (Fsp3) is 0.111. The average molecular weight is 359 g/mol. The van der Waals surface area contributed by atoms with Crippen molar-refractivity contribution in [3.05, 3.63) is 70.6 Å². The van der Waals surface area contributed by atoms with Gasteiger partial charge in [0.15, 0.2) is 0 Å². The molecule has 0 saturated carbocycles. The van der Waals surface area contributed by atoms with Gasteiger partial charge in [-0.1, -0.05) is 48.0 Å². The topological polar surface area (TPSA) is 49.4 Å². The van der Waals surface area contributed by atoms with Crippen molar-refractivity contribution in [1.82, 2.24) is 4.90 Å². The molecule has 2 aromatic carbocycles. The minimum atomic E-state index is -0.264. The monoisotopic (exact) mass is 358 g/mol. The van der Waals surface area contributed by atoms with E-state index < -0.39 is 0 Å². The van der Waals surface area contributed by atoms with Crippen LogP contribution in [0, 0.1) is 0 Å². The number of nitrogens with one attached hydrogen (secondary N) is 1. The number of thioether (sulfide) groups is 1. The third kappa shape index (κ3) is 3.99. The van der Waals surface area contributed by atoms with Crippen LogP contribution < -0.4 is 5.32 Å². The molecule has 0 saturated heterocycles. The average Bonchev–Trinajstić information content (AvgIpc) is 2.57. The van der Waals surface area contributed by atoms with E-state index in [1.807, 2.05) is 35.7 Å². The second-order valence-corrected chi connectivity index (χ2v) is 6.51. The van der Waals surface area contributed by atoms with Gasteiger partial charge in [0.1, 0.15) is 6.54 Å². The van der Waals surface area contributed by atoms with Crippen LogP contribution in [0.3, 0.4) is 0 Å². The van der Waals surface area contributed by atoms with Gasteiger partial charge in [0.05, 0.1) is 11.4 Å². The lowest BCUT2D eigenvalue weighted by Crippen LogP contribution is -2.39. The van der Waals surface area contributed by atoms with Crippen LogP contribution in [0.2, 0.25) is 5.02 Å². The van der Waals surface area contributed by atoms with Crippen molar-refractivity contribution < 1.29 is 9.59 Å². The van der Waals surface area contributed by atoms with E-state index in [0.29, 0.717) is 16.5 Å². The number of rotatable bonds is 4. The Bertz CT molecular complexity index is 793. The molecule has 6 heteroatoms. The molecule has 2 amide bonds. The molecule has 0 atom stereocenters. The molecule has 0 unspecified atom stereocenters. The molecule has 3 rings (SSSR count). The molecule has 1 aliphatic rings. The zero-order valence-electron chi connectivity index (χ0n) is 12.7. The van der Waals surface area contributed by atoms with Crippen molar-refractivity contribution in [2.75, 3.05) is 17.6 Å². The molecule has 1 aliphatic heterocycles. The first kappa shape index (κ1) is 16.6. The van der Waals surface area contributed by atoms with Crippen LogP contribution in [-0.2, 0) is 9.59 Å². The predicted octanol–water partition coefficient (Wildman–Crippen LogP) is 3.85. The van der Waals surface area contributed by atoms with Crippen molar-refractivity contribution >= 4 is 46.6 Å². The van der Waals surface area contributed by atoms with Crippen LogP contribution in [0.4, 0.5) is 5.69 Å². The molecular weight excluding hydrogens is 344 g/mol. The molecule has 0 fully saturated rings. The third-order valence-electron chi connectivity index (χ3n) is 3.47. The van der Waals surface area contributed by atoms with Crippen molar-refractivity contribution in [1.29, 1.82) is 0 Å². The molecule has 4 nitrogen and oxygen atoms in total. The van der Waals surface area contributed by atoms with Crippen molar-refractivity contribution in [3.63, 3.8) is 0 Å². The largest absolute Gasteiger partial charge is 0.324 e. The SMILES string of the molecule is O=C(CN1C(=O)CSC=C1c1ccccc1)Nc1cccc(Cl)c1. The Balaban J connectivity index is 1.76. The predicted molar refractivity (Wildman–Crippen MR) is 98.7 cm³/mol. The molecule has 24 heavy (non-hydrogen) atoms. The van der Waals surface area contributed by atoms with E-state index in [-0.39, 0.29) is 18.4 Å². The number of amides is 2. The molecule has 0 radical (unpaired) electrons. The Morgan fingerprint density at radius 1 is 1.17 bits per heavy atom. The summed E-state index contributed by atoms with van der Waals surface area (Å²) < 4.78 is 0. The summed E-state index contributed by atoms with van der Waals surface area (Å²) in [6.07, 6.45) is 0. The van der Waals surface area contributed by atoms with E-state index in [4.69, 9.17) is 11.6 Å². The van der Waals surface area contributed by atoms with Crippen LogP contribution in [-0.4, -0.2) is 29.0 Å². The summed E-state index contributed by atoms with van der Waals surface area (Å²) >= 11 is 7.36. The minimum absolute atomic E-state index is 0.0351. The Kier molecular flexibility index (Phi) is 5.23. The van der Waals surface area contributed by atoms with Crippen molar-refractivity contribution in [2.24, 2.45) is 0 Å². The molecule has 0 spiro atoms. The molecule has 0 bridgehead atoms. The molecule has 1 N–H and O–H groups in total. The molecular formula is C18H15ClN2O2S. The summed E-state index contributed by atoms with van der Waals surface area (Å²) in [5, 5.41) is 5.24. The number of hydrogen-bond donors (Lipinski definition) is 1. The zero-order chi connectivity index (χ0) is 16.9. The minimum Gasteiger partial charge on any atom is -0.324 e. The van der Waals surface area contributed by atoms with Gasteiger partial charge in [0.2, 0.25) is 11.8 Å². The first-order chi connectivity index (χ1) is 11.6. The maximum absolute atomic E-state index is 12.3. The van der Waals surface area contributed by atoms with Crippen molar-refractivity contribution in [3.8, 4) is 0 Å². The van der Waals surface area contributed by atoms with Gasteiger partial charge in [-0.25, -0.2) is 0 Å². The Morgan fingerprint density at radius 3 is 2.71 bits per heavy atom. The van der Waals surface area contributed by atoms with Gasteiger partial charge in [-0.05, 0) is 29.2 Å². The number of halogens is 1. The number of hydrogen-bond acceptors (Lipinski definition) is 3. The van der Waals surface area contributed by atoms with Gasteiger partial charge in [-0.2, -0.15) is 0 Å². The summed E-state index contributed by atoms with van der Waals surface area (Å²) in [6.45, 7) is -0.0351. The fourth-order valence-electron chi connectivity index (χ4n) is 2.38. The van der Waals surface area contributed by atoms with Crippen LogP contribution in [0.5, 0.6) is 0 Å². The molecule has 122 valence electrons. The summed E-state index contributed by atoms with van der Waals surface area (Å²) in [4.78, 5) is 26.1. The number of nitrogens with zero attached hydrogens (tertiary/aromatic N) is 1. The van der Waals surface area contributed by atoms with Gasteiger partial charge in [-0.3, -0.25) is 9.59 Å². The summed E-state index contributed by atoms with van der Waals surface area (Å²) in [5.41, 5.74) is 2.27. The summed E-state index contributed by atoms with van der Waals surface area (Å²) in [6, 6.07) is 16.5. The van der Waals surface area contributed by atoms with E-state index in [2.05, 4.69) is 5.32 Å². The summed E-state index contributed by atoms with van der Waals surface area (Å²) in [5.74, 6) is -0.0113. The molecule has 2 aromatic rings. The highest BCUT2D eigenvalue weighted by Crippen LogP contribution is 2.28. The van der Waals surface area contributed by atoms with Gasteiger partial charge in [-0.15, -0.1) is 11.8 Å². The van der Waals surface area contributed by atoms with Gasteiger partial charge < -0.3 is 10.2 Å². The fourth-order valence-corrected chi connectivity index (χ4v) is 3.38. The second-order valence-electron chi connectivity index (χ2n) is 5.22. The third-order valence-corrected chi connectivity index (χ3v) is 4.51. The highest BCUT2D eigenvalue weighted by Gasteiger charge is 2.25. The first-order valence-electron chi connectivity index (χ1n) is 7.36. The lowest BCUT2D eigenvalue weighted by molar-refractivity contribution is -0.129. The normalized spacial score (nSPS) is 14.3. The van der Waals surface area contributed by atoms with E-state index in [0.717, 1.165) is 11.3 Å². The summed E-state index contributed by atoms with van der Waals surface area (Å²) in [7, 11) is 0. The molecule has 0 aliphatic carbocycles. The Labute approximate surface area is 149 Å². The van der Waals surface area contributed by atoms with Gasteiger partial charge >= 0.3 is 0 Å². The van der Waals surface area contributed by atoms with Crippen LogP contribution in [0.15, 0.2) is 60.0 Å². The highest BCUT2D eigenvalue weighted by molar-refractivity contribution is 8.03. The van der Waals surface area contributed by atoms with E-state index >= 15 is 0 Å². The Hall–Kier alpha value is -2.24. The van der Waals surface area contributed by atoms with Gasteiger partial charge in [0, 0.05) is 10.7 Å². The van der Waals surface area contributed by atoms with E-state index in [1.165, 1.54) is 16.7 Å². The second kappa shape index (κ2) is 7.55. The molecule has 0 aromatic heterocycles. The zero-order valence-corrected chi connectivity index (χ0v) is 14.3. The van der Waals surface area contributed by atoms with Crippen LogP contribution in [0.25, 0.3) is 5.70 Å². The van der Waals surface area contributed by atoms with E-state index in [1.54, 1.807) is 24.3 Å². The quantitative estimate of drug-likeness (QED) is 0.903. The lowest BCUT2D eigenvalue weighted by atomic mass is 10.1. The number of benzene rings is 2. The lowest BCUT2D eigenvalue weighted by Gasteiger charge is -2.28. The van der Waals surface area contributed by atoms with Crippen LogP contribution >= 0.6 is 23.4 Å². The number of carbonyl (C=O) groups excluding carboxylic acids is 2. The molecule has 1 heterocycles. The van der Waals surface area contributed by atoms with Crippen molar-refractivity contribution in [2.45, 2.75) is 0 Å². The number of anilines is 1. The smallest absolute Gasteiger partial charge is 0.244 e. The Morgan fingerprint density at radius 2 is 1.96 bits per heavy atom. The maximum atomic E-state index is 12.3. The van der Waals surface area contributed by atoms with Gasteiger partial charge in [0.25, 0.3) is 0 Å². The standard InChI is InChI=1S/C18H15ClN2O2S/c19-14-7-4-8-15(9-14)20-17(22)10-21-16(11-24-12-18(21)23)13-5-2-1-3-6-13/h1-9,11H,10,12H2,(H,20,22). The highest BCUT2D eigenvalue weighted by atomic mass is 35.5. The maximum Gasteiger partial charge on any atom is 0.244 e. The first-order valence-corrected chi connectivity index (χ1v) is 8.79. The number of carbonyl (C=O) groups is 2. The van der Waals surface area contributed by atoms with Crippen LogP contribution in [0.1, 0.15) is 5.56 Å². The van der Waals surface area contributed by atoms with E-state index in [9.17, 15) is 9.59 Å².